The minimum Gasteiger partial charge on any atom is -0.339 e. The number of hydrogen-bond donors (Lipinski definition) is 0. The molecule has 2 aromatic rings. The van der Waals surface area contributed by atoms with E-state index in [1.807, 2.05) is 27.7 Å². The summed E-state index contributed by atoms with van der Waals surface area (Å²) in [6.45, 7) is 7.66. The topological polar surface area (TPSA) is 73.1 Å². The van der Waals surface area contributed by atoms with Crippen LogP contribution in [-0.4, -0.2) is 18.6 Å². The molecule has 0 fully saturated rings. The molecule has 0 bridgehead atoms. The monoisotopic (exact) mass is 294 g/mol. The number of benzene rings is 1. The lowest BCUT2D eigenvalue weighted by Gasteiger charge is -2.05. The molecule has 0 radical (unpaired) electrons. The summed E-state index contributed by atoms with van der Waals surface area (Å²) in [5.41, 5.74) is 2.01. The van der Waals surface area contributed by atoms with Gasteiger partial charge in [-0.25, -0.2) is 8.42 Å². The summed E-state index contributed by atoms with van der Waals surface area (Å²) < 4.78 is 29.7. The minimum absolute atomic E-state index is 0.0839. The van der Waals surface area contributed by atoms with Crippen molar-refractivity contribution in [3.05, 3.63) is 41.0 Å². The van der Waals surface area contributed by atoms with Crippen molar-refractivity contribution < 1.29 is 12.9 Å². The molecule has 1 aromatic carbocycles. The van der Waals surface area contributed by atoms with E-state index in [1.165, 1.54) is 0 Å². The highest BCUT2D eigenvalue weighted by Gasteiger charge is 2.20. The Morgan fingerprint density at radius 2 is 1.90 bits per heavy atom. The van der Waals surface area contributed by atoms with Gasteiger partial charge in [-0.15, -0.1) is 0 Å². The Morgan fingerprint density at radius 3 is 2.45 bits per heavy atom. The van der Waals surface area contributed by atoms with Crippen molar-refractivity contribution in [1.29, 1.82) is 0 Å². The molecule has 0 saturated heterocycles. The molecule has 0 atom stereocenters. The van der Waals surface area contributed by atoms with Crippen LogP contribution in [0.25, 0.3) is 0 Å². The van der Waals surface area contributed by atoms with Crippen molar-refractivity contribution in [3.63, 3.8) is 0 Å². The molecule has 2 rings (SSSR count). The lowest BCUT2D eigenvalue weighted by atomic mass is 10.1. The Morgan fingerprint density at radius 1 is 1.20 bits per heavy atom. The van der Waals surface area contributed by atoms with Crippen LogP contribution in [-0.2, 0) is 15.6 Å². The molecule has 0 aliphatic carbocycles. The Hall–Kier alpha value is -1.69. The molecule has 0 spiro atoms. The second kappa shape index (κ2) is 5.36. The Balaban J connectivity index is 2.28. The first-order chi connectivity index (χ1) is 9.29. The van der Waals surface area contributed by atoms with Gasteiger partial charge >= 0.3 is 0 Å². The van der Waals surface area contributed by atoms with Gasteiger partial charge in [-0.2, -0.15) is 4.98 Å². The molecule has 0 aliphatic heterocycles. The van der Waals surface area contributed by atoms with Gasteiger partial charge in [-0.05, 0) is 37.1 Å². The summed E-state index contributed by atoms with van der Waals surface area (Å²) in [5, 5.41) is 3.72. The summed E-state index contributed by atoms with van der Waals surface area (Å²) in [4.78, 5) is 4.39. The maximum Gasteiger partial charge on any atom is 0.229 e. The van der Waals surface area contributed by atoms with Crippen LogP contribution in [0.4, 0.5) is 0 Å². The predicted molar refractivity (Wildman–Crippen MR) is 75.2 cm³/mol. The van der Waals surface area contributed by atoms with E-state index in [0.717, 1.165) is 11.1 Å². The largest absolute Gasteiger partial charge is 0.339 e. The SMILES string of the molecule is Cc1ccc(S(=O)(=O)Cc2noc(C(C)C)n2)cc1C. The zero-order chi connectivity index (χ0) is 14.9. The maximum absolute atomic E-state index is 12.3. The first-order valence-corrected chi connectivity index (χ1v) is 8.07. The zero-order valence-electron chi connectivity index (χ0n) is 12.0. The molecule has 1 aromatic heterocycles. The molecule has 1 heterocycles. The van der Waals surface area contributed by atoms with Crippen LogP contribution in [0.2, 0.25) is 0 Å². The molecule has 0 unspecified atom stereocenters. The molecule has 6 heteroatoms. The fraction of sp³-hybridized carbons (Fsp3) is 0.429. The van der Waals surface area contributed by atoms with Crippen molar-refractivity contribution in [2.24, 2.45) is 0 Å². The van der Waals surface area contributed by atoms with E-state index >= 15 is 0 Å². The molecular weight excluding hydrogens is 276 g/mol. The molecule has 108 valence electrons. The number of aromatic nitrogens is 2. The zero-order valence-corrected chi connectivity index (χ0v) is 12.9. The van der Waals surface area contributed by atoms with Crippen molar-refractivity contribution in [2.45, 2.75) is 44.3 Å². The van der Waals surface area contributed by atoms with E-state index < -0.39 is 9.84 Å². The minimum atomic E-state index is -3.45. The van der Waals surface area contributed by atoms with Crippen molar-refractivity contribution in [3.8, 4) is 0 Å². The smallest absolute Gasteiger partial charge is 0.229 e. The first kappa shape index (κ1) is 14.7. The van der Waals surface area contributed by atoms with Crippen LogP contribution in [0.5, 0.6) is 0 Å². The lowest BCUT2D eigenvalue weighted by molar-refractivity contribution is 0.361. The van der Waals surface area contributed by atoms with Crippen LogP contribution >= 0.6 is 0 Å². The lowest BCUT2D eigenvalue weighted by Crippen LogP contribution is -2.07. The second-order valence-electron chi connectivity index (χ2n) is 5.21. The molecule has 20 heavy (non-hydrogen) atoms. The molecule has 0 N–H and O–H groups in total. The molecule has 0 aliphatic rings. The summed E-state index contributed by atoms with van der Waals surface area (Å²) in [7, 11) is -3.45. The van der Waals surface area contributed by atoms with Gasteiger partial charge in [0.1, 0.15) is 5.75 Å². The first-order valence-electron chi connectivity index (χ1n) is 6.42. The number of nitrogens with zero attached hydrogens (tertiary/aromatic N) is 2. The summed E-state index contributed by atoms with van der Waals surface area (Å²) in [6, 6.07) is 5.09. The quantitative estimate of drug-likeness (QED) is 0.867. The second-order valence-corrected chi connectivity index (χ2v) is 7.20. The van der Waals surface area contributed by atoms with Crippen LogP contribution in [0.15, 0.2) is 27.6 Å². The fourth-order valence-corrected chi connectivity index (χ4v) is 2.98. The number of sulfone groups is 1. The average Bonchev–Trinajstić information content (AvgIpc) is 2.80. The summed E-state index contributed by atoms with van der Waals surface area (Å²) in [6.07, 6.45) is 0. The third-order valence-corrected chi connectivity index (χ3v) is 4.74. The summed E-state index contributed by atoms with van der Waals surface area (Å²) in [5.74, 6) is 0.494. The van der Waals surface area contributed by atoms with Gasteiger partial charge in [0.25, 0.3) is 0 Å². The van der Waals surface area contributed by atoms with Gasteiger partial charge in [0.2, 0.25) is 5.89 Å². The van der Waals surface area contributed by atoms with Gasteiger partial charge < -0.3 is 4.52 Å². The Bertz CT molecular complexity index is 718. The number of rotatable bonds is 4. The van der Waals surface area contributed by atoms with E-state index in [1.54, 1.807) is 18.2 Å². The predicted octanol–water partition coefficient (Wildman–Crippen LogP) is 2.78. The van der Waals surface area contributed by atoms with Crippen LogP contribution in [0.3, 0.4) is 0 Å². The maximum atomic E-state index is 12.3. The molecule has 0 saturated carbocycles. The van der Waals surface area contributed by atoms with E-state index in [4.69, 9.17) is 4.52 Å². The van der Waals surface area contributed by atoms with E-state index in [9.17, 15) is 8.42 Å². The molecular formula is C14H18N2O3S. The van der Waals surface area contributed by atoms with Gasteiger partial charge in [-0.1, -0.05) is 25.1 Å². The van der Waals surface area contributed by atoms with Crippen molar-refractivity contribution >= 4 is 9.84 Å². The Kier molecular flexibility index (Phi) is 3.94. The van der Waals surface area contributed by atoms with Crippen LogP contribution in [0, 0.1) is 13.8 Å². The van der Waals surface area contributed by atoms with Crippen LogP contribution in [0.1, 0.15) is 42.6 Å². The van der Waals surface area contributed by atoms with E-state index in [-0.39, 0.29) is 22.4 Å². The number of aryl methyl sites for hydroxylation is 2. The Labute approximate surface area is 118 Å². The van der Waals surface area contributed by atoms with Crippen LogP contribution < -0.4 is 0 Å². The van der Waals surface area contributed by atoms with E-state index in [0.29, 0.717) is 5.89 Å². The number of hydrogen-bond acceptors (Lipinski definition) is 5. The molecule has 5 nitrogen and oxygen atoms in total. The van der Waals surface area contributed by atoms with Gasteiger partial charge in [-0.3, -0.25) is 0 Å². The third kappa shape index (κ3) is 3.07. The van der Waals surface area contributed by atoms with Gasteiger partial charge in [0.15, 0.2) is 15.7 Å². The highest BCUT2D eigenvalue weighted by molar-refractivity contribution is 7.90. The highest BCUT2D eigenvalue weighted by Crippen LogP contribution is 2.19. The standard InChI is InChI=1S/C14H18N2O3S/c1-9(2)14-15-13(16-19-14)8-20(17,18)12-6-5-10(3)11(4)7-12/h5-7,9H,8H2,1-4H3. The average molecular weight is 294 g/mol. The molecule has 0 amide bonds. The fourth-order valence-electron chi connectivity index (χ4n) is 1.72. The summed E-state index contributed by atoms with van der Waals surface area (Å²) >= 11 is 0. The van der Waals surface area contributed by atoms with Crippen molar-refractivity contribution in [2.75, 3.05) is 0 Å². The third-order valence-electron chi connectivity index (χ3n) is 3.13. The van der Waals surface area contributed by atoms with Crippen molar-refractivity contribution in [1.82, 2.24) is 10.1 Å². The van der Waals surface area contributed by atoms with Gasteiger partial charge in [0.05, 0.1) is 4.90 Å². The van der Waals surface area contributed by atoms with Gasteiger partial charge in [0, 0.05) is 5.92 Å². The normalized spacial score (nSPS) is 12.1. The highest BCUT2D eigenvalue weighted by atomic mass is 32.2. The van der Waals surface area contributed by atoms with E-state index in [2.05, 4.69) is 10.1 Å².